The van der Waals surface area contributed by atoms with Crippen LogP contribution in [-0.2, 0) is 0 Å². The number of hydrogen-bond donors (Lipinski definition) is 0. The van der Waals surface area contributed by atoms with Crippen molar-refractivity contribution < 1.29 is 27.4 Å². The molecule has 0 radical (unpaired) electrons. The molecule has 0 aromatic heterocycles. The van der Waals surface area contributed by atoms with Gasteiger partial charge in [0.15, 0.2) is 17.8 Å². The van der Waals surface area contributed by atoms with E-state index in [2.05, 4.69) is 6.58 Å². The molecule has 0 spiro atoms. The van der Waals surface area contributed by atoms with Gasteiger partial charge in [0, 0.05) is 11.1 Å². The smallest absolute Gasteiger partial charge is 0.416 e. The maximum atomic E-state index is 12.5. The molecule has 0 atom stereocenters. The van der Waals surface area contributed by atoms with Gasteiger partial charge < -0.3 is 9.47 Å². The highest BCUT2D eigenvalue weighted by molar-refractivity contribution is 5.88. The Hall–Kier alpha value is -1.98. The number of benzene rings is 1. The third kappa shape index (κ3) is 1.98. The van der Waals surface area contributed by atoms with Crippen LogP contribution in [0, 0.1) is 0 Å². The first-order valence-corrected chi connectivity index (χ1v) is 4.59. The number of alkyl halides is 3. The molecule has 1 aliphatic heterocycles. The summed E-state index contributed by atoms with van der Waals surface area (Å²) in [5.74, 6) is 0.432. The van der Waals surface area contributed by atoms with Crippen LogP contribution in [0.5, 0.6) is 11.5 Å². The van der Waals surface area contributed by atoms with Gasteiger partial charge in [-0.2, -0.15) is 13.2 Å². The summed E-state index contributed by atoms with van der Waals surface area (Å²) in [5.41, 5.74) is -1.51. The van der Waals surface area contributed by atoms with E-state index in [-0.39, 0.29) is 29.4 Å². The van der Waals surface area contributed by atoms with E-state index >= 15 is 0 Å². The molecule has 0 aliphatic carbocycles. The number of carbonyl (C=O) groups is 1. The van der Waals surface area contributed by atoms with Crippen LogP contribution in [0.3, 0.4) is 0 Å². The highest BCUT2D eigenvalue weighted by Crippen LogP contribution is 2.40. The second kappa shape index (κ2) is 3.80. The summed E-state index contributed by atoms with van der Waals surface area (Å²) in [6.07, 6.45) is -4.26. The van der Waals surface area contributed by atoms with E-state index in [1.54, 1.807) is 0 Å². The largest absolute Gasteiger partial charge is 0.454 e. The monoisotopic (exact) mass is 244 g/mol. The number of hydrogen-bond acceptors (Lipinski definition) is 3. The minimum absolute atomic E-state index is 0.0738. The Bertz CT molecular complexity index is 491. The number of fused-ring (bicyclic) bond motifs is 1. The fraction of sp³-hybridized carbons (Fsp3) is 0.182. The van der Waals surface area contributed by atoms with Crippen molar-refractivity contribution in [3.63, 3.8) is 0 Å². The van der Waals surface area contributed by atoms with Crippen molar-refractivity contribution in [1.29, 1.82) is 0 Å². The molecule has 1 heterocycles. The van der Waals surface area contributed by atoms with Crippen molar-refractivity contribution in [3.8, 4) is 11.5 Å². The van der Waals surface area contributed by atoms with E-state index < -0.39 is 11.7 Å². The Balaban J connectivity index is 2.54. The standard InChI is InChI=1S/C11H7F3O3/c1-6(11(12,13)14)8-3-10-9(16-5-17-10)2-7(8)4-15/h2-4H,1,5H2. The average Bonchev–Trinajstić information content (AvgIpc) is 2.71. The molecule has 6 heteroatoms. The van der Waals surface area contributed by atoms with Crippen LogP contribution in [0.25, 0.3) is 5.57 Å². The lowest BCUT2D eigenvalue weighted by molar-refractivity contribution is -0.0686. The fourth-order valence-corrected chi connectivity index (χ4v) is 1.47. The maximum Gasteiger partial charge on any atom is 0.416 e. The Morgan fingerprint density at radius 2 is 1.88 bits per heavy atom. The molecule has 0 amide bonds. The van der Waals surface area contributed by atoms with Crippen molar-refractivity contribution in [2.24, 2.45) is 0 Å². The van der Waals surface area contributed by atoms with Crippen LogP contribution in [-0.4, -0.2) is 19.3 Å². The van der Waals surface area contributed by atoms with Gasteiger partial charge >= 0.3 is 6.18 Å². The lowest BCUT2D eigenvalue weighted by Crippen LogP contribution is -2.11. The predicted molar refractivity (Wildman–Crippen MR) is 53.0 cm³/mol. The van der Waals surface area contributed by atoms with Gasteiger partial charge in [0.05, 0.1) is 5.57 Å². The van der Waals surface area contributed by atoms with Crippen molar-refractivity contribution >= 4 is 11.9 Å². The molecule has 0 N–H and O–H groups in total. The molecular formula is C11H7F3O3. The first-order valence-electron chi connectivity index (χ1n) is 4.59. The zero-order valence-electron chi connectivity index (χ0n) is 8.50. The van der Waals surface area contributed by atoms with Crippen LogP contribution in [0.1, 0.15) is 15.9 Å². The molecule has 1 aromatic rings. The summed E-state index contributed by atoms with van der Waals surface area (Å²) in [7, 11) is 0. The zero-order chi connectivity index (χ0) is 12.6. The number of rotatable bonds is 2. The number of halogens is 3. The first kappa shape index (κ1) is 11.5. The van der Waals surface area contributed by atoms with Crippen LogP contribution in [0.15, 0.2) is 18.7 Å². The van der Waals surface area contributed by atoms with Gasteiger partial charge in [-0.1, -0.05) is 6.58 Å². The minimum Gasteiger partial charge on any atom is -0.454 e. The van der Waals surface area contributed by atoms with Gasteiger partial charge in [-0.15, -0.1) is 0 Å². The molecular weight excluding hydrogens is 237 g/mol. The second-order valence-electron chi connectivity index (χ2n) is 3.39. The summed E-state index contributed by atoms with van der Waals surface area (Å²) in [6.45, 7) is 2.88. The third-order valence-electron chi connectivity index (χ3n) is 2.34. The van der Waals surface area contributed by atoms with Gasteiger partial charge in [0.2, 0.25) is 6.79 Å². The molecule has 3 nitrogen and oxygen atoms in total. The van der Waals surface area contributed by atoms with Crippen molar-refractivity contribution in [2.75, 3.05) is 6.79 Å². The Labute approximate surface area is 94.4 Å². The molecule has 17 heavy (non-hydrogen) atoms. The molecule has 0 unspecified atom stereocenters. The molecule has 0 saturated heterocycles. The summed E-state index contributed by atoms with van der Waals surface area (Å²) in [5, 5.41) is 0. The van der Waals surface area contributed by atoms with Crippen LogP contribution in [0.4, 0.5) is 13.2 Å². The van der Waals surface area contributed by atoms with E-state index in [1.165, 1.54) is 6.07 Å². The number of carbonyl (C=O) groups excluding carboxylic acids is 1. The van der Waals surface area contributed by atoms with E-state index in [0.29, 0.717) is 6.29 Å². The van der Waals surface area contributed by atoms with Crippen LogP contribution < -0.4 is 9.47 Å². The Morgan fingerprint density at radius 1 is 1.29 bits per heavy atom. The van der Waals surface area contributed by atoms with E-state index in [4.69, 9.17) is 9.47 Å². The van der Waals surface area contributed by atoms with Crippen molar-refractivity contribution in [1.82, 2.24) is 0 Å². The van der Waals surface area contributed by atoms with E-state index in [1.807, 2.05) is 0 Å². The second-order valence-corrected chi connectivity index (χ2v) is 3.39. The van der Waals surface area contributed by atoms with E-state index in [0.717, 1.165) is 6.07 Å². The lowest BCUT2D eigenvalue weighted by atomic mass is 10.0. The predicted octanol–water partition coefficient (Wildman–Crippen LogP) is 2.80. The third-order valence-corrected chi connectivity index (χ3v) is 2.34. The quantitative estimate of drug-likeness (QED) is 0.750. The van der Waals surface area contributed by atoms with Crippen molar-refractivity contribution in [2.45, 2.75) is 6.18 Å². The Morgan fingerprint density at radius 3 is 2.41 bits per heavy atom. The molecule has 2 rings (SSSR count). The summed E-state index contributed by atoms with van der Waals surface area (Å²) in [6, 6.07) is 2.32. The summed E-state index contributed by atoms with van der Waals surface area (Å²) >= 11 is 0. The highest BCUT2D eigenvalue weighted by atomic mass is 19.4. The van der Waals surface area contributed by atoms with Gasteiger partial charge in [0.1, 0.15) is 0 Å². The summed E-state index contributed by atoms with van der Waals surface area (Å²) < 4.78 is 47.5. The van der Waals surface area contributed by atoms with Gasteiger partial charge in [-0.05, 0) is 12.1 Å². The number of ether oxygens (including phenoxy) is 2. The Kier molecular flexibility index (Phi) is 2.57. The van der Waals surface area contributed by atoms with Gasteiger partial charge in [-0.25, -0.2) is 0 Å². The highest BCUT2D eigenvalue weighted by Gasteiger charge is 2.35. The topological polar surface area (TPSA) is 35.5 Å². The van der Waals surface area contributed by atoms with E-state index in [9.17, 15) is 18.0 Å². The first-order chi connectivity index (χ1) is 7.93. The van der Waals surface area contributed by atoms with Crippen LogP contribution in [0.2, 0.25) is 0 Å². The zero-order valence-corrected chi connectivity index (χ0v) is 8.50. The van der Waals surface area contributed by atoms with Crippen molar-refractivity contribution in [3.05, 3.63) is 29.8 Å². The maximum absolute atomic E-state index is 12.5. The molecule has 0 fully saturated rings. The van der Waals surface area contributed by atoms with Crippen LogP contribution >= 0.6 is 0 Å². The van der Waals surface area contributed by atoms with Gasteiger partial charge in [0.25, 0.3) is 0 Å². The van der Waals surface area contributed by atoms with Gasteiger partial charge in [-0.3, -0.25) is 4.79 Å². The minimum atomic E-state index is -4.59. The number of aldehydes is 1. The molecule has 1 aromatic carbocycles. The summed E-state index contributed by atoms with van der Waals surface area (Å²) in [4.78, 5) is 10.8. The fourth-order valence-electron chi connectivity index (χ4n) is 1.47. The average molecular weight is 244 g/mol. The molecule has 0 saturated carbocycles. The SMILES string of the molecule is C=C(c1cc2c(cc1C=O)OCO2)C(F)(F)F. The molecule has 90 valence electrons. The number of allylic oxidation sites excluding steroid dienone is 1. The lowest BCUT2D eigenvalue weighted by Gasteiger charge is -2.12. The molecule has 0 bridgehead atoms. The molecule has 1 aliphatic rings. The normalized spacial score (nSPS) is 13.6.